The lowest BCUT2D eigenvalue weighted by Gasteiger charge is -2.15. The van der Waals surface area contributed by atoms with Crippen molar-refractivity contribution < 1.29 is 27.8 Å². The van der Waals surface area contributed by atoms with E-state index < -0.39 is 37.0 Å². The number of halogens is 4. The Kier molecular flexibility index (Phi) is 7.14. The number of esters is 1. The number of alkyl halides is 3. The van der Waals surface area contributed by atoms with Crippen LogP contribution < -0.4 is 5.69 Å². The van der Waals surface area contributed by atoms with Crippen LogP contribution in [0, 0.1) is 6.92 Å². The second-order valence-electron chi connectivity index (χ2n) is 7.84. The molecule has 194 valence electrons. The summed E-state index contributed by atoms with van der Waals surface area (Å²) in [5.41, 5.74) is -0.0116. The molecular weight excluding hydrogens is 519 g/mol. The second kappa shape index (κ2) is 10.1. The highest BCUT2D eigenvalue weighted by Gasteiger charge is 2.39. The summed E-state index contributed by atoms with van der Waals surface area (Å²) in [6, 6.07) is 9.32. The van der Waals surface area contributed by atoms with Crippen LogP contribution in [0.3, 0.4) is 0 Å². The topological polar surface area (TPSA) is 130 Å². The Bertz CT molecular complexity index is 1500. The number of carbonyl (C=O) groups excluding carboxylic acids is 1. The number of nitrogens with zero attached hydrogens (tertiary/aromatic N) is 7. The highest BCUT2D eigenvalue weighted by Crippen LogP contribution is 2.24. The first-order chi connectivity index (χ1) is 17.5. The molecule has 0 radical (unpaired) electrons. The predicted molar refractivity (Wildman–Crippen MR) is 123 cm³/mol. The summed E-state index contributed by atoms with van der Waals surface area (Å²) in [6.07, 6.45) is -6.29. The van der Waals surface area contributed by atoms with Crippen molar-refractivity contribution in [3.05, 3.63) is 75.3 Å². The first kappa shape index (κ1) is 26.0. The van der Waals surface area contributed by atoms with Gasteiger partial charge in [-0.3, -0.25) is 4.57 Å². The molecule has 0 bridgehead atoms. The number of hydrogen-bond acceptors (Lipinski definition) is 8. The smallest absolute Gasteiger partial charge is 0.416 e. The van der Waals surface area contributed by atoms with Gasteiger partial charge in [-0.15, -0.1) is 10.2 Å². The number of methoxy groups -OCH3 is 1. The summed E-state index contributed by atoms with van der Waals surface area (Å²) in [5, 5.41) is 18.4. The van der Waals surface area contributed by atoms with Gasteiger partial charge < -0.3 is 9.84 Å². The molecule has 0 saturated carbocycles. The Labute approximate surface area is 211 Å². The van der Waals surface area contributed by atoms with Gasteiger partial charge in [0.05, 0.1) is 13.7 Å². The molecule has 0 saturated heterocycles. The van der Waals surface area contributed by atoms with Crippen molar-refractivity contribution >= 4 is 17.6 Å². The molecule has 1 atom stereocenters. The highest BCUT2D eigenvalue weighted by atomic mass is 35.5. The van der Waals surface area contributed by atoms with Gasteiger partial charge in [0, 0.05) is 16.8 Å². The molecule has 4 aromatic rings. The molecule has 0 spiro atoms. The van der Waals surface area contributed by atoms with E-state index in [-0.39, 0.29) is 28.9 Å². The largest absolute Gasteiger partial charge is 0.463 e. The lowest BCUT2D eigenvalue weighted by atomic mass is 10.2. The molecule has 0 amide bonds. The number of pyridine rings is 1. The minimum atomic E-state index is -4.96. The van der Waals surface area contributed by atoms with Crippen molar-refractivity contribution in [2.45, 2.75) is 32.3 Å². The molecule has 3 heterocycles. The van der Waals surface area contributed by atoms with Crippen LogP contribution in [0.15, 0.2) is 47.4 Å². The minimum Gasteiger partial charge on any atom is -0.463 e. The van der Waals surface area contributed by atoms with Crippen LogP contribution in [0.2, 0.25) is 5.02 Å². The summed E-state index contributed by atoms with van der Waals surface area (Å²) >= 11 is 5.90. The van der Waals surface area contributed by atoms with E-state index in [0.29, 0.717) is 15.2 Å². The van der Waals surface area contributed by atoms with Crippen LogP contribution in [-0.2, 0) is 17.8 Å². The SMILES string of the molecule is COC(=O)c1nc(Cn2nc(-c3ccc(Cl)cc3)n(C[C@H](O)C(F)(F)F)c2=O)nn1-c1ncccc1C. The zero-order chi connectivity index (χ0) is 26.9. The quantitative estimate of drug-likeness (QED) is 0.356. The van der Waals surface area contributed by atoms with Crippen molar-refractivity contribution in [2.24, 2.45) is 0 Å². The van der Waals surface area contributed by atoms with Crippen LogP contribution in [0.5, 0.6) is 0 Å². The molecule has 4 rings (SSSR count). The first-order valence-corrected chi connectivity index (χ1v) is 11.0. The molecule has 0 aliphatic rings. The molecule has 1 aromatic carbocycles. The van der Waals surface area contributed by atoms with Crippen molar-refractivity contribution in [3.63, 3.8) is 0 Å². The van der Waals surface area contributed by atoms with Gasteiger partial charge in [0.15, 0.2) is 23.6 Å². The Hall–Kier alpha value is -4.04. The van der Waals surface area contributed by atoms with E-state index in [0.717, 1.165) is 16.5 Å². The van der Waals surface area contributed by atoms with Crippen LogP contribution >= 0.6 is 11.6 Å². The van der Waals surface area contributed by atoms with E-state index >= 15 is 0 Å². The fraction of sp³-hybridized carbons (Fsp3) is 0.273. The maximum atomic E-state index is 13.1. The zero-order valence-corrected chi connectivity index (χ0v) is 20.1. The summed E-state index contributed by atoms with van der Waals surface area (Å²) in [6.45, 7) is 0.237. The van der Waals surface area contributed by atoms with E-state index in [2.05, 4.69) is 20.2 Å². The van der Waals surface area contributed by atoms with Crippen LogP contribution in [0.4, 0.5) is 13.2 Å². The zero-order valence-electron chi connectivity index (χ0n) is 19.3. The van der Waals surface area contributed by atoms with E-state index in [1.165, 1.54) is 30.5 Å². The highest BCUT2D eigenvalue weighted by molar-refractivity contribution is 6.30. The third-order valence-corrected chi connectivity index (χ3v) is 5.50. The van der Waals surface area contributed by atoms with Crippen LogP contribution in [-0.4, -0.2) is 64.6 Å². The minimum absolute atomic E-state index is 0.0590. The third kappa shape index (κ3) is 5.39. The molecule has 37 heavy (non-hydrogen) atoms. The number of hydrogen-bond donors (Lipinski definition) is 1. The third-order valence-electron chi connectivity index (χ3n) is 5.25. The monoisotopic (exact) mass is 537 g/mol. The van der Waals surface area contributed by atoms with E-state index in [9.17, 15) is 27.9 Å². The summed E-state index contributed by atoms with van der Waals surface area (Å²) in [4.78, 5) is 33.8. The normalized spacial score (nSPS) is 12.5. The second-order valence-corrected chi connectivity index (χ2v) is 8.27. The summed E-state index contributed by atoms with van der Waals surface area (Å²) < 4.78 is 46.7. The van der Waals surface area contributed by atoms with Crippen molar-refractivity contribution in [3.8, 4) is 17.2 Å². The lowest BCUT2D eigenvalue weighted by Crippen LogP contribution is -2.37. The molecule has 1 N–H and O–H groups in total. The Morgan fingerprint density at radius 3 is 2.51 bits per heavy atom. The molecule has 0 fully saturated rings. The molecule has 0 aliphatic carbocycles. The number of carbonyl (C=O) groups is 1. The van der Waals surface area contributed by atoms with E-state index in [4.69, 9.17) is 16.3 Å². The van der Waals surface area contributed by atoms with Gasteiger partial charge in [0.2, 0.25) is 5.82 Å². The number of aromatic nitrogens is 7. The van der Waals surface area contributed by atoms with Crippen molar-refractivity contribution in [2.75, 3.05) is 7.11 Å². The van der Waals surface area contributed by atoms with Crippen LogP contribution in [0.1, 0.15) is 22.0 Å². The predicted octanol–water partition coefficient (Wildman–Crippen LogP) is 2.41. The Balaban J connectivity index is 1.79. The van der Waals surface area contributed by atoms with Crippen LogP contribution in [0.25, 0.3) is 17.2 Å². The van der Waals surface area contributed by atoms with Gasteiger partial charge in [-0.25, -0.2) is 24.2 Å². The standard InChI is InChI=1S/C22H19ClF3N7O4/c1-12-4-3-9-27-17(12)33-19(20(35)37-2)28-16(29-33)11-32-21(36)31(10-15(34)22(24,25)26)18(30-32)13-5-7-14(23)8-6-13/h3-9,15,34H,10-11H2,1-2H3/t15-/m0/s1. The first-order valence-electron chi connectivity index (χ1n) is 10.6. The van der Waals surface area contributed by atoms with Gasteiger partial charge in [0.25, 0.3) is 0 Å². The van der Waals surface area contributed by atoms with Gasteiger partial charge in [-0.2, -0.15) is 17.9 Å². The van der Waals surface area contributed by atoms with Crippen molar-refractivity contribution in [1.82, 2.24) is 34.1 Å². The molecule has 15 heteroatoms. The number of aliphatic hydroxyl groups is 1. The average molecular weight is 538 g/mol. The summed E-state index contributed by atoms with van der Waals surface area (Å²) in [7, 11) is 1.16. The molecule has 0 aliphatic heterocycles. The fourth-order valence-electron chi connectivity index (χ4n) is 3.42. The number of aryl methyl sites for hydroxylation is 1. The fourth-order valence-corrected chi connectivity index (χ4v) is 3.55. The van der Waals surface area contributed by atoms with Crippen molar-refractivity contribution in [1.29, 1.82) is 0 Å². The number of ether oxygens (including phenoxy) is 1. The average Bonchev–Trinajstić information content (AvgIpc) is 3.40. The number of rotatable bonds is 7. The molecule has 0 unspecified atom stereocenters. The van der Waals surface area contributed by atoms with Gasteiger partial charge in [0.1, 0.15) is 6.54 Å². The van der Waals surface area contributed by atoms with Gasteiger partial charge in [-0.05, 0) is 42.8 Å². The maximum absolute atomic E-state index is 13.1. The molecule has 3 aromatic heterocycles. The summed E-state index contributed by atoms with van der Waals surface area (Å²) in [5.74, 6) is -0.960. The Morgan fingerprint density at radius 1 is 1.19 bits per heavy atom. The lowest BCUT2D eigenvalue weighted by molar-refractivity contribution is -0.207. The maximum Gasteiger partial charge on any atom is 0.416 e. The van der Waals surface area contributed by atoms with Gasteiger partial charge >= 0.3 is 17.8 Å². The van der Waals surface area contributed by atoms with E-state index in [1.807, 2.05) is 0 Å². The Morgan fingerprint density at radius 2 is 1.89 bits per heavy atom. The number of aliphatic hydroxyl groups excluding tert-OH is 1. The molecule has 11 nitrogen and oxygen atoms in total. The van der Waals surface area contributed by atoms with Gasteiger partial charge in [-0.1, -0.05) is 17.7 Å². The number of benzene rings is 1. The molecular formula is C22H19ClF3N7O4. The van der Waals surface area contributed by atoms with E-state index in [1.54, 1.807) is 19.1 Å².